The smallest absolute Gasteiger partial charge is 0.127 e. The van der Waals surface area contributed by atoms with E-state index in [9.17, 15) is 9.50 Å². The van der Waals surface area contributed by atoms with Crippen molar-refractivity contribution in [3.63, 3.8) is 0 Å². The molecule has 96 valence electrons. The van der Waals surface area contributed by atoms with Gasteiger partial charge < -0.3 is 10.8 Å². The van der Waals surface area contributed by atoms with Crippen molar-refractivity contribution >= 4 is 17.4 Å². The third-order valence-electron chi connectivity index (χ3n) is 2.79. The van der Waals surface area contributed by atoms with E-state index in [4.69, 9.17) is 17.3 Å². The average molecular weight is 270 g/mol. The summed E-state index contributed by atoms with van der Waals surface area (Å²) in [4.78, 5) is 0. The SMILES string of the molecule is Cn1ncc(C(O)Cc2cc(Cl)ccc2F)c1N. The van der Waals surface area contributed by atoms with Crippen LogP contribution >= 0.6 is 11.6 Å². The van der Waals surface area contributed by atoms with Gasteiger partial charge in [-0.25, -0.2) is 4.39 Å². The largest absolute Gasteiger partial charge is 0.388 e. The maximum Gasteiger partial charge on any atom is 0.127 e. The quantitative estimate of drug-likeness (QED) is 0.897. The van der Waals surface area contributed by atoms with Crippen LogP contribution in [0.25, 0.3) is 0 Å². The van der Waals surface area contributed by atoms with E-state index in [0.717, 1.165) is 0 Å². The second-order valence-corrected chi connectivity index (χ2v) is 4.50. The van der Waals surface area contributed by atoms with Crippen molar-refractivity contribution in [3.05, 3.63) is 46.4 Å². The fourth-order valence-corrected chi connectivity index (χ4v) is 1.93. The number of aromatic nitrogens is 2. The Bertz CT molecular complexity index is 570. The molecule has 0 radical (unpaired) electrons. The van der Waals surface area contributed by atoms with Gasteiger partial charge in [0.2, 0.25) is 0 Å². The molecule has 1 atom stereocenters. The molecule has 0 bridgehead atoms. The Hall–Kier alpha value is -1.59. The number of hydrogen-bond acceptors (Lipinski definition) is 3. The van der Waals surface area contributed by atoms with Gasteiger partial charge in [-0.1, -0.05) is 11.6 Å². The molecule has 0 saturated heterocycles. The first-order valence-electron chi connectivity index (χ1n) is 5.38. The lowest BCUT2D eigenvalue weighted by Crippen LogP contribution is -2.07. The minimum Gasteiger partial charge on any atom is -0.388 e. The number of nitrogens with zero attached hydrogens (tertiary/aromatic N) is 2. The minimum atomic E-state index is -0.910. The summed E-state index contributed by atoms with van der Waals surface area (Å²) >= 11 is 5.79. The fourth-order valence-electron chi connectivity index (χ4n) is 1.74. The Morgan fingerprint density at radius 1 is 1.56 bits per heavy atom. The van der Waals surface area contributed by atoms with Crippen molar-refractivity contribution < 1.29 is 9.50 Å². The van der Waals surface area contributed by atoms with Gasteiger partial charge >= 0.3 is 0 Å². The summed E-state index contributed by atoms with van der Waals surface area (Å²) in [6.07, 6.45) is 0.664. The van der Waals surface area contributed by atoms with E-state index >= 15 is 0 Å². The standard InChI is InChI=1S/C12H13ClFN3O/c1-17-12(15)9(6-16-17)11(18)5-7-4-8(13)2-3-10(7)14/h2-4,6,11,18H,5,15H2,1H3. The van der Waals surface area contributed by atoms with E-state index in [0.29, 0.717) is 22.0 Å². The second-order valence-electron chi connectivity index (χ2n) is 4.06. The van der Waals surface area contributed by atoms with Crippen molar-refractivity contribution in [1.29, 1.82) is 0 Å². The van der Waals surface area contributed by atoms with E-state index in [1.165, 1.54) is 29.1 Å². The van der Waals surface area contributed by atoms with Crippen LogP contribution in [0, 0.1) is 5.82 Å². The van der Waals surface area contributed by atoms with E-state index in [2.05, 4.69) is 5.10 Å². The number of benzene rings is 1. The third-order valence-corrected chi connectivity index (χ3v) is 3.03. The van der Waals surface area contributed by atoms with Crippen LogP contribution in [0.5, 0.6) is 0 Å². The van der Waals surface area contributed by atoms with E-state index in [1.807, 2.05) is 0 Å². The Morgan fingerprint density at radius 2 is 2.28 bits per heavy atom. The molecule has 0 spiro atoms. The van der Waals surface area contributed by atoms with Crippen molar-refractivity contribution in [2.75, 3.05) is 5.73 Å². The summed E-state index contributed by atoms with van der Waals surface area (Å²) in [5.74, 6) is -0.0363. The highest BCUT2D eigenvalue weighted by atomic mass is 35.5. The number of aliphatic hydroxyl groups excluding tert-OH is 1. The molecule has 0 aliphatic heterocycles. The van der Waals surface area contributed by atoms with Gasteiger partial charge in [0.05, 0.1) is 12.3 Å². The van der Waals surface area contributed by atoms with E-state index in [1.54, 1.807) is 7.05 Å². The summed E-state index contributed by atoms with van der Waals surface area (Å²) in [6, 6.07) is 4.23. The first-order chi connectivity index (χ1) is 8.49. The van der Waals surface area contributed by atoms with Gasteiger partial charge in [-0.2, -0.15) is 5.10 Å². The van der Waals surface area contributed by atoms with Crippen LogP contribution in [0.1, 0.15) is 17.2 Å². The lowest BCUT2D eigenvalue weighted by Gasteiger charge is -2.11. The van der Waals surface area contributed by atoms with Crippen LogP contribution in [0.4, 0.5) is 10.2 Å². The maximum atomic E-state index is 13.5. The van der Waals surface area contributed by atoms with Gasteiger partial charge in [-0.05, 0) is 23.8 Å². The first kappa shape index (κ1) is 12.9. The molecule has 1 unspecified atom stereocenters. The summed E-state index contributed by atoms with van der Waals surface area (Å²) < 4.78 is 15.0. The van der Waals surface area contributed by atoms with Crippen molar-refractivity contribution in [2.24, 2.45) is 7.05 Å². The van der Waals surface area contributed by atoms with E-state index < -0.39 is 11.9 Å². The molecule has 0 fully saturated rings. The Balaban J connectivity index is 2.23. The maximum absolute atomic E-state index is 13.5. The van der Waals surface area contributed by atoms with Gasteiger partial charge in [0.25, 0.3) is 0 Å². The molecule has 1 aromatic heterocycles. The zero-order chi connectivity index (χ0) is 13.3. The molecule has 18 heavy (non-hydrogen) atoms. The fraction of sp³-hybridized carbons (Fsp3) is 0.250. The van der Waals surface area contributed by atoms with Crippen molar-refractivity contribution in [1.82, 2.24) is 9.78 Å². The predicted octanol–water partition coefficient (Wildman–Crippen LogP) is 2.07. The summed E-state index contributed by atoms with van der Waals surface area (Å²) in [5.41, 5.74) is 6.57. The molecule has 4 nitrogen and oxygen atoms in total. The zero-order valence-electron chi connectivity index (χ0n) is 9.77. The number of aliphatic hydroxyl groups is 1. The number of anilines is 1. The average Bonchev–Trinajstić information content (AvgIpc) is 2.65. The van der Waals surface area contributed by atoms with Gasteiger partial charge in [0.1, 0.15) is 11.6 Å². The second kappa shape index (κ2) is 4.96. The molecular formula is C12H13ClFN3O. The predicted molar refractivity (Wildman–Crippen MR) is 67.7 cm³/mol. The van der Waals surface area contributed by atoms with Crippen molar-refractivity contribution in [3.8, 4) is 0 Å². The van der Waals surface area contributed by atoms with Crippen LogP contribution in [0.3, 0.4) is 0 Å². The van der Waals surface area contributed by atoms with E-state index in [-0.39, 0.29) is 6.42 Å². The van der Waals surface area contributed by atoms with Crippen LogP contribution in [0.15, 0.2) is 24.4 Å². The Morgan fingerprint density at radius 3 is 2.89 bits per heavy atom. The van der Waals surface area contributed by atoms with Gasteiger partial charge in [0, 0.05) is 24.1 Å². The summed E-state index contributed by atoms with van der Waals surface area (Å²) in [6.45, 7) is 0. The number of halogens is 2. The lowest BCUT2D eigenvalue weighted by atomic mass is 10.0. The van der Waals surface area contributed by atoms with Crippen LogP contribution < -0.4 is 5.73 Å². The topological polar surface area (TPSA) is 64.1 Å². The molecule has 3 N–H and O–H groups in total. The molecule has 6 heteroatoms. The van der Waals surface area contributed by atoms with Gasteiger partial charge in [0.15, 0.2) is 0 Å². The highest BCUT2D eigenvalue weighted by Gasteiger charge is 2.17. The summed E-state index contributed by atoms with van der Waals surface area (Å²) in [7, 11) is 1.67. The molecule has 1 heterocycles. The Kier molecular flexibility index (Phi) is 3.54. The number of aryl methyl sites for hydroxylation is 1. The number of rotatable bonds is 3. The molecule has 0 saturated carbocycles. The third kappa shape index (κ3) is 2.47. The lowest BCUT2D eigenvalue weighted by molar-refractivity contribution is 0.178. The normalized spacial score (nSPS) is 12.7. The molecule has 2 aromatic rings. The van der Waals surface area contributed by atoms with Crippen LogP contribution in [-0.2, 0) is 13.5 Å². The molecule has 2 rings (SSSR count). The number of nitrogen functional groups attached to an aromatic ring is 1. The molecule has 0 aliphatic rings. The number of nitrogens with two attached hydrogens (primary N) is 1. The zero-order valence-corrected chi connectivity index (χ0v) is 10.5. The molecule has 0 aliphatic carbocycles. The molecule has 1 aromatic carbocycles. The molecular weight excluding hydrogens is 257 g/mol. The van der Waals surface area contributed by atoms with Gasteiger partial charge in [-0.3, -0.25) is 4.68 Å². The molecule has 0 amide bonds. The minimum absolute atomic E-state index is 0.0995. The van der Waals surface area contributed by atoms with Gasteiger partial charge in [-0.15, -0.1) is 0 Å². The number of hydrogen-bond donors (Lipinski definition) is 2. The highest BCUT2D eigenvalue weighted by Crippen LogP contribution is 2.25. The highest BCUT2D eigenvalue weighted by molar-refractivity contribution is 6.30. The monoisotopic (exact) mass is 269 g/mol. The van der Waals surface area contributed by atoms with Crippen LogP contribution in [0.2, 0.25) is 5.02 Å². The summed E-state index contributed by atoms with van der Waals surface area (Å²) in [5, 5.41) is 14.4. The first-order valence-corrected chi connectivity index (χ1v) is 5.76. The van der Waals surface area contributed by atoms with Crippen molar-refractivity contribution in [2.45, 2.75) is 12.5 Å². The Labute approximate surface area is 109 Å². The van der Waals surface area contributed by atoms with Crippen LogP contribution in [-0.4, -0.2) is 14.9 Å².